The molecule has 3 rings (SSSR count). The largest absolute Gasteiger partial charge is 0.493 e. The van der Waals surface area contributed by atoms with Crippen molar-refractivity contribution in [1.29, 1.82) is 0 Å². The van der Waals surface area contributed by atoms with E-state index in [0.717, 1.165) is 48.4 Å². The second-order valence-electron chi connectivity index (χ2n) is 6.71. The number of nitrogens with zero attached hydrogens (tertiary/aromatic N) is 1. The Labute approximate surface area is 176 Å². The molecule has 0 bridgehead atoms. The van der Waals surface area contributed by atoms with Crippen LogP contribution in [0.25, 0.3) is 5.57 Å². The molecule has 3 N–H and O–H groups in total. The van der Waals surface area contributed by atoms with Crippen molar-refractivity contribution in [1.82, 2.24) is 5.32 Å². The van der Waals surface area contributed by atoms with Crippen LogP contribution in [0.1, 0.15) is 24.0 Å². The molecule has 148 valence electrons. The number of nitrogens with one attached hydrogen (secondary N) is 1. The molecule has 1 aliphatic heterocycles. The molecule has 0 aromatic heterocycles. The number of aliphatic imine (C=N–C) groups is 1. The van der Waals surface area contributed by atoms with Crippen molar-refractivity contribution in [3.63, 3.8) is 0 Å². The van der Waals surface area contributed by atoms with Gasteiger partial charge in [-0.25, -0.2) is 0 Å². The molecule has 1 saturated heterocycles. The molecule has 0 atom stereocenters. The molecule has 2 aromatic carbocycles. The molecule has 28 heavy (non-hydrogen) atoms. The van der Waals surface area contributed by atoms with E-state index in [-0.39, 0.29) is 0 Å². The minimum Gasteiger partial charge on any atom is -0.493 e. The predicted octanol–water partition coefficient (Wildman–Crippen LogP) is 4.74. The van der Waals surface area contributed by atoms with Crippen LogP contribution < -0.4 is 15.8 Å². The van der Waals surface area contributed by atoms with Gasteiger partial charge in [0.05, 0.1) is 12.6 Å². The van der Waals surface area contributed by atoms with Gasteiger partial charge in [-0.05, 0) is 61.3 Å². The molecule has 0 spiro atoms. The Kier molecular flexibility index (Phi) is 7.78. The molecular formula is C22H25Cl2N3O. The zero-order chi connectivity index (χ0) is 19.8. The standard InChI is InChI=1S/C22H25Cl2N3O/c23-21-5-2-6-22(24)20(21)9-12-28-19-4-1-3-16(13-19)17(14-25)15-27-18-7-10-26-11-8-18/h1-6,13-15,18,26H,7-12,25H2/b17-14+,27-15?. The van der Waals surface area contributed by atoms with E-state index in [4.69, 9.17) is 38.7 Å². The second-order valence-corrected chi connectivity index (χ2v) is 7.52. The van der Waals surface area contributed by atoms with Crippen LogP contribution in [0, 0.1) is 0 Å². The van der Waals surface area contributed by atoms with Gasteiger partial charge in [0.1, 0.15) is 5.75 Å². The summed E-state index contributed by atoms with van der Waals surface area (Å²) in [5, 5.41) is 4.67. The third kappa shape index (κ3) is 5.74. The molecule has 0 saturated carbocycles. The van der Waals surface area contributed by atoms with Gasteiger partial charge >= 0.3 is 0 Å². The van der Waals surface area contributed by atoms with E-state index in [1.54, 1.807) is 6.20 Å². The molecule has 0 unspecified atom stereocenters. The SMILES string of the molecule is N/C=C(\C=NC1CCNCC1)c1cccc(OCCc2c(Cl)cccc2Cl)c1. The van der Waals surface area contributed by atoms with Crippen LogP contribution >= 0.6 is 23.2 Å². The zero-order valence-electron chi connectivity index (χ0n) is 15.7. The molecule has 1 aliphatic rings. The molecule has 4 nitrogen and oxygen atoms in total. The Morgan fingerprint density at radius 2 is 1.86 bits per heavy atom. The Morgan fingerprint density at radius 1 is 1.14 bits per heavy atom. The second kappa shape index (κ2) is 10.5. The Bertz CT molecular complexity index is 825. The third-order valence-corrected chi connectivity index (χ3v) is 5.47. The fourth-order valence-corrected chi connectivity index (χ4v) is 3.75. The molecule has 0 radical (unpaired) electrons. The van der Waals surface area contributed by atoms with Gasteiger partial charge in [0.15, 0.2) is 0 Å². The van der Waals surface area contributed by atoms with Crippen LogP contribution in [-0.4, -0.2) is 32.0 Å². The summed E-state index contributed by atoms with van der Waals surface area (Å²) in [5.41, 5.74) is 8.61. The van der Waals surface area contributed by atoms with Gasteiger partial charge in [0.25, 0.3) is 0 Å². The summed E-state index contributed by atoms with van der Waals surface area (Å²) in [6, 6.07) is 13.7. The van der Waals surface area contributed by atoms with Crippen LogP contribution in [0.2, 0.25) is 10.0 Å². The highest BCUT2D eigenvalue weighted by Gasteiger charge is 2.11. The average Bonchev–Trinajstić information content (AvgIpc) is 2.72. The first kappa shape index (κ1) is 20.7. The fourth-order valence-electron chi connectivity index (χ4n) is 3.16. The number of hydrogen-bond donors (Lipinski definition) is 2. The van der Waals surface area contributed by atoms with E-state index in [1.807, 2.05) is 48.7 Å². The predicted molar refractivity (Wildman–Crippen MR) is 119 cm³/mol. The van der Waals surface area contributed by atoms with Crippen molar-refractivity contribution in [2.45, 2.75) is 25.3 Å². The Balaban J connectivity index is 1.61. The lowest BCUT2D eigenvalue weighted by Crippen LogP contribution is -2.29. The van der Waals surface area contributed by atoms with Crippen molar-refractivity contribution in [3.8, 4) is 5.75 Å². The minimum absolute atomic E-state index is 0.357. The number of piperidine rings is 1. The van der Waals surface area contributed by atoms with Gasteiger partial charge in [-0.15, -0.1) is 0 Å². The van der Waals surface area contributed by atoms with E-state index in [1.165, 1.54) is 0 Å². The molecule has 6 heteroatoms. The number of rotatable bonds is 7. The molecule has 0 amide bonds. The fraction of sp³-hybridized carbons (Fsp3) is 0.318. The number of halogens is 2. The van der Waals surface area contributed by atoms with Crippen molar-refractivity contribution in [2.75, 3.05) is 19.7 Å². The number of benzene rings is 2. The maximum absolute atomic E-state index is 6.22. The maximum Gasteiger partial charge on any atom is 0.119 e. The molecular weight excluding hydrogens is 393 g/mol. The lowest BCUT2D eigenvalue weighted by atomic mass is 10.1. The van der Waals surface area contributed by atoms with E-state index in [2.05, 4.69) is 5.32 Å². The lowest BCUT2D eigenvalue weighted by molar-refractivity contribution is 0.322. The van der Waals surface area contributed by atoms with Crippen molar-refractivity contribution < 1.29 is 4.74 Å². The molecule has 1 heterocycles. The van der Waals surface area contributed by atoms with Gasteiger partial charge in [-0.1, -0.05) is 41.4 Å². The first-order valence-corrected chi connectivity index (χ1v) is 10.2. The highest BCUT2D eigenvalue weighted by molar-refractivity contribution is 6.36. The van der Waals surface area contributed by atoms with Crippen molar-refractivity contribution >= 4 is 35.0 Å². The number of hydrogen-bond acceptors (Lipinski definition) is 4. The monoisotopic (exact) mass is 417 g/mol. The lowest BCUT2D eigenvalue weighted by Gasteiger charge is -2.18. The van der Waals surface area contributed by atoms with Crippen LogP contribution in [-0.2, 0) is 6.42 Å². The van der Waals surface area contributed by atoms with E-state index in [9.17, 15) is 0 Å². The topological polar surface area (TPSA) is 59.6 Å². The maximum atomic E-state index is 6.22. The quantitative estimate of drug-likeness (QED) is 0.639. The van der Waals surface area contributed by atoms with Gasteiger partial charge in [0, 0.05) is 34.5 Å². The van der Waals surface area contributed by atoms with Crippen LogP contribution in [0.5, 0.6) is 5.75 Å². The molecule has 0 aliphatic carbocycles. The number of ether oxygens (including phenoxy) is 1. The first-order chi connectivity index (χ1) is 13.7. The minimum atomic E-state index is 0.357. The van der Waals surface area contributed by atoms with Crippen LogP contribution in [0.15, 0.2) is 53.7 Å². The molecule has 1 fully saturated rings. The van der Waals surface area contributed by atoms with Gasteiger partial charge in [0.2, 0.25) is 0 Å². The first-order valence-electron chi connectivity index (χ1n) is 9.49. The van der Waals surface area contributed by atoms with E-state index < -0.39 is 0 Å². The number of nitrogens with two attached hydrogens (primary N) is 1. The van der Waals surface area contributed by atoms with Crippen LogP contribution in [0.3, 0.4) is 0 Å². The summed E-state index contributed by atoms with van der Waals surface area (Å²) >= 11 is 12.4. The Morgan fingerprint density at radius 3 is 2.57 bits per heavy atom. The van der Waals surface area contributed by atoms with Gasteiger partial charge in [-0.3, -0.25) is 4.99 Å². The van der Waals surface area contributed by atoms with Crippen molar-refractivity contribution in [2.24, 2.45) is 10.7 Å². The normalized spacial score (nSPS) is 15.9. The smallest absolute Gasteiger partial charge is 0.119 e. The van der Waals surface area contributed by atoms with Gasteiger partial charge in [-0.2, -0.15) is 0 Å². The van der Waals surface area contributed by atoms with Crippen LogP contribution in [0.4, 0.5) is 0 Å². The summed E-state index contributed by atoms with van der Waals surface area (Å²) in [6.07, 6.45) is 6.22. The van der Waals surface area contributed by atoms with E-state index in [0.29, 0.717) is 29.1 Å². The number of allylic oxidation sites excluding steroid dienone is 1. The zero-order valence-corrected chi connectivity index (χ0v) is 17.2. The van der Waals surface area contributed by atoms with Gasteiger partial charge < -0.3 is 15.8 Å². The van der Waals surface area contributed by atoms with E-state index >= 15 is 0 Å². The summed E-state index contributed by atoms with van der Waals surface area (Å²) < 4.78 is 5.91. The summed E-state index contributed by atoms with van der Waals surface area (Å²) in [7, 11) is 0. The summed E-state index contributed by atoms with van der Waals surface area (Å²) in [4.78, 5) is 4.70. The molecule has 2 aromatic rings. The highest BCUT2D eigenvalue weighted by atomic mass is 35.5. The third-order valence-electron chi connectivity index (χ3n) is 4.76. The summed E-state index contributed by atoms with van der Waals surface area (Å²) in [6.45, 7) is 2.52. The van der Waals surface area contributed by atoms with Crippen molar-refractivity contribution in [3.05, 3.63) is 69.8 Å². The summed E-state index contributed by atoms with van der Waals surface area (Å²) in [5.74, 6) is 0.773. The Hall–Kier alpha value is -2.01. The average molecular weight is 418 g/mol. The highest BCUT2D eigenvalue weighted by Crippen LogP contribution is 2.25.